The van der Waals surface area contributed by atoms with Gasteiger partial charge in [0.05, 0.1) is 22.4 Å². The molecule has 8 aromatic carbocycles. The molecule has 4 nitrogen and oxygen atoms in total. The molecule has 0 N–H and O–H groups in total. The predicted octanol–water partition coefficient (Wildman–Crippen LogP) is 13.5. The summed E-state index contributed by atoms with van der Waals surface area (Å²) in [5.41, 5.74) is 10.4. The van der Waals surface area contributed by atoms with Gasteiger partial charge in [-0.1, -0.05) is 121 Å². The van der Waals surface area contributed by atoms with Crippen molar-refractivity contribution in [1.29, 1.82) is 0 Å². The fourth-order valence-electron chi connectivity index (χ4n) is 8.28. The maximum atomic E-state index is 6.59. The lowest BCUT2D eigenvalue weighted by Crippen LogP contribution is -2.11. The molecule has 0 saturated heterocycles. The zero-order chi connectivity index (χ0) is 34.9. The molecule has 0 spiro atoms. The van der Waals surface area contributed by atoms with E-state index in [4.69, 9.17) is 4.42 Å². The van der Waals surface area contributed by atoms with Gasteiger partial charge in [0.1, 0.15) is 0 Å². The molecule has 0 fully saturated rings. The first-order chi connectivity index (χ1) is 26.3. The van der Waals surface area contributed by atoms with Crippen LogP contribution in [0, 0.1) is 0 Å². The summed E-state index contributed by atoms with van der Waals surface area (Å²) in [7, 11) is 0. The Hall–Kier alpha value is -7.17. The number of pyridine rings is 1. The van der Waals surface area contributed by atoms with Crippen LogP contribution in [0.25, 0.3) is 82.2 Å². The molecule has 0 amide bonds. The standard InChI is InChI=1S/C49H31N3O/c1-2-17-37-32(12-1)13-8-20-38(37)33-14-7-16-35(30-33)52(47-26-10-21-42-43-22-11-29-50-49(43)53-48(42)47)44-25-9-15-34-31-36(27-28-39(34)44)51-45-23-5-3-18-40(45)41-19-4-6-24-46(41)51/h1-31H. The van der Waals surface area contributed by atoms with Gasteiger partial charge in [-0.25, -0.2) is 4.98 Å². The smallest absolute Gasteiger partial charge is 0.227 e. The molecule has 0 aliphatic heterocycles. The summed E-state index contributed by atoms with van der Waals surface area (Å²) in [4.78, 5) is 6.94. The normalized spacial score (nSPS) is 11.8. The number of aromatic nitrogens is 2. The summed E-state index contributed by atoms with van der Waals surface area (Å²) in [6.45, 7) is 0. The molecule has 0 aliphatic carbocycles. The van der Waals surface area contributed by atoms with E-state index in [-0.39, 0.29) is 0 Å². The highest BCUT2D eigenvalue weighted by molar-refractivity contribution is 6.12. The molecule has 0 saturated carbocycles. The van der Waals surface area contributed by atoms with Crippen molar-refractivity contribution in [3.05, 3.63) is 188 Å². The Balaban J connectivity index is 1.15. The van der Waals surface area contributed by atoms with Gasteiger partial charge in [-0.3, -0.25) is 0 Å². The second-order valence-corrected chi connectivity index (χ2v) is 13.6. The van der Waals surface area contributed by atoms with Gasteiger partial charge >= 0.3 is 0 Å². The Kier molecular flexibility index (Phi) is 6.52. The summed E-state index contributed by atoms with van der Waals surface area (Å²) in [6.07, 6.45) is 1.79. The third-order valence-electron chi connectivity index (χ3n) is 10.6. The first-order valence-electron chi connectivity index (χ1n) is 18.0. The maximum absolute atomic E-state index is 6.59. The van der Waals surface area contributed by atoms with Crippen LogP contribution in [0.3, 0.4) is 0 Å². The van der Waals surface area contributed by atoms with Crippen LogP contribution in [0.5, 0.6) is 0 Å². The molecule has 0 aliphatic rings. The van der Waals surface area contributed by atoms with Crippen LogP contribution >= 0.6 is 0 Å². The van der Waals surface area contributed by atoms with Crippen molar-refractivity contribution in [2.75, 3.05) is 4.90 Å². The molecule has 0 atom stereocenters. The number of fused-ring (bicyclic) bond motifs is 8. The van der Waals surface area contributed by atoms with Gasteiger partial charge in [0.15, 0.2) is 5.58 Å². The minimum absolute atomic E-state index is 0.633. The van der Waals surface area contributed by atoms with Gasteiger partial charge < -0.3 is 13.9 Å². The molecule has 11 aromatic rings. The number of para-hydroxylation sites is 3. The molecule has 0 bridgehead atoms. The molecule has 0 unspecified atom stereocenters. The third-order valence-corrected chi connectivity index (χ3v) is 10.6. The summed E-state index contributed by atoms with van der Waals surface area (Å²) in [5, 5.41) is 9.28. The van der Waals surface area contributed by atoms with Gasteiger partial charge in [-0.05, 0) is 87.9 Å². The van der Waals surface area contributed by atoms with E-state index in [1.54, 1.807) is 6.20 Å². The summed E-state index contributed by atoms with van der Waals surface area (Å²) >= 11 is 0. The monoisotopic (exact) mass is 677 g/mol. The van der Waals surface area contributed by atoms with Gasteiger partial charge in [0.2, 0.25) is 5.71 Å². The van der Waals surface area contributed by atoms with E-state index in [1.165, 1.54) is 38.1 Å². The topological polar surface area (TPSA) is 34.2 Å². The molecule has 4 heteroatoms. The lowest BCUT2D eigenvalue weighted by atomic mass is 9.97. The second-order valence-electron chi connectivity index (χ2n) is 13.6. The highest BCUT2D eigenvalue weighted by Crippen LogP contribution is 2.45. The first kappa shape index (κ1) is 29.5. The molecular formula is C49H31N3O. The van der Waals surface area contributed by atoms with E-state index in [0.29, 0.717) is 5.71 Å². The number of rotatable bonds is 5. The van der Waals surface area contributed by atoms with E-state index in [0.717, 1.165) is 55.4 Å². The minimum Gasteiger partial charge on any atom is -0.435 e. The van der Waals surface area contributed by atoms with E-state index < -0.39 is 0 Å². The Morgan fingerprint density at radius 2 is 1.11 bits per heavy atom. The fraction of sp³-hybridized carbons (Fsp3) is 0. The quantitative estimate of drug-likeness (QED) is 0.182. The van der Waals surface area contributed by atoms with Crippen molar-refractivity contribution >= 4 is 82.5 Å². The number of benzene rings is 8. The predicted molar refractivity (Wildman–Crippen MR) is 221 cm³/mol. The second kappa shape index (κ2) is 11.7. The summed E-state index contributed by atoms with van der Waals surface area (Å²) in [6, 6.07) is 65.2. The number of hydrogen-bond acceptors (Lipinski definition) is 3. The van der Waals surface area contributed by atoms with Gasteiger partial charge in [-0.15, -0.1) is 0 Å². The van der Waals surface area contributed by atoms with Crippen LogP contribution in [-0.4, -0.2) is 9.55 Å². The molecule has 0 radical (unpaired) electrons. The number of anilines is 3. The maximum Gasteiger partial charge on any atom is 0.227 e. The SMILES string of the molecule is c1cc(-c2cccc3ccccc23)cc(N(c2cccc3cc(-n4c5ccccc5c5ccccc54)ccc23)c2cccc3c2oc2ncccc23)c1. The van der Waals surface area contributed by atoms with Crippen LogP contribution < -0.4 is 4.90 Å². The summed E-state index contributed by atoms with van der Waals surface area (Å²) in [5.74, 6) is 0. The average Bonchev–Trinajstić information content (AvgIpc) is 3.77. The van der Waals surface area contributed by atoms with Gasteiger partial charge in [-0.2, -0.15) is 0 Å². The van der Waals surface area contributed by atoms with Crippen molar-refractivity contribution in [3.8, 4) is 16.8 Å². The number of nitrogens with zero attached hydrogens (tertiary/aromatic N) is 3. The highest BCUT2D eigenvalue weighted by atomic mass is 16.3. The first-order valence-corrected chi connectivity index (χ1v) is 18.0. The fourth-order valence-corrected chi connectivity index (χ4v) is 8.28. The third kappa shape index (κ3) is 4.59. The van der Waals surface area contributed by atoms with E-state index in [2.05, 4.69) is 190 Å². The van der Waals surface area contributed by atoms with Crippen LogP contribution in [0.2, 0.25) is 0 Å². The van der Waals surface area contributed by atoms with Crippen molar-refractivity contribution in [2.24, 2.45) is 0 Å². The summed E-state index contributed by atoms with van der Waals surface area (Å²) < 4.78 is 8.97. The van der Waals surface area contributed by atoms with Crippen molar-refractivity contribution in [3.63, 3.8) is 0 Å². The van der Waals surface area contributed by atoms with Gasteiger partial charge in [0.25, 0.3) is 0 Å². The van der Waals surface area contributed by atoms with Crippen molar-refractivity contribution in [2.45, 2.75) is 0 Å². The molecular weight excluding hydrogens is 647 g/mol. The molecule has 53 heavy (non-hydrogen) atoms. The zero-order valence-corrected chi connectivity index (χ0v) is 28.6. The Labute approximate surface area is 305 Å². The van der Waals surface area contributed by atoms with E-state index in [9.17, 15) is 0 Å². The highest BCUT2D eigenvalue weighted by Gasteiger charge is 2.22. The van der Waals surface area contributed by atoms with Crippen LogP contribution in [-0.2, 0) is 0 Å². The Morgan fingerprint density at radius 1 is 0.453 bits per heavy atom. The molecule has 3 heterocycles. The zero-order valence-electron chi connectivity index (χ0n) is 28.6. The van der Waals surface area contributed by atoms with E-state index in [1.807, 2.05) is 6.07 Å². The van der Waals surface area contributed by atoms with Crippen molar-refractivity contribution < 1.29 is 4.42 Å². The number of furan rings is 1. The lowest BCUT2D eigenvalue weighted by molar-refractivity contribution is 0.654. The largest absolute Gasteiger partial charge is 0.435 e. The Morgan fingerprint density at radius 3 is 1.98 bits per heavy atom. The van der Waals surface area contributed by atoms with Crippen LogP contribution in [0.15, 0.2) is 193 Å². The minimum atomic E-state index is 0.633. The van der Waals surface area contributed by atoms with Crippen LogP contribution in [0.4, 0.5) is 17.1 Å². The Bertz CT molecular complexity index is 3150. The van der Waals surface area contributed by atoms with Crippen molar-refractivity contribution in [1.82, 2.24) is 9.55 Å². The van der Waals surface area contributed by atoms with Gasteiger partial charge in [0, 0.05) is 44.5 Å². The average molecular weight is 678 g/mol. The molecule has 248 valence electrons. The molecule has 3 aromatic heterocycles. The van der Waals surface area contributed by atoms with Crippen LogP contribution in [0.1, 0.15) is 0 Å². The number of hydrogen-bond donors (Lipinski definition) is 0. The molecule has 11 rings (SSSR count). The lowest BCUT2D eigenvalue weighted by Gasteiger charge is -2.27. The van der Waals surface area contributed by atoms with E-state index >= 15 is 0 Å².